The zero-order chi connectivity index (χ0) is 18.9. The third kappa shape index (κ3) is 3.85. The third-order valence-corrected chi connectivity index (χ3v) is 6.42. The van der Waals surface area contributed by atoms with Crippen molar-refractivity contribution in [1.82, 2.24) is 15.1 Å². The topological polar surface area (TPSA) is 68.7 Å². The molecule has 27 heavy (non-hydrogen) atoms. The monoisotopic (exact) mass is 386 g/mol. The second-order valence-electron chi connectivity index (χ2n) is 7.51. The Balaban J connectivity index is 1.40. The largest absolute Gasteiger partial charge is 0.379 e. The van der Waals surface area contributed by atoms with Crippen LogP contribution in [0.25, 0.3) is 10.1 Å². The van der Waals surface area contributed by atoms with Crippen molar-refractivity contribution >= 4 is 33.3 Å². The molecular weight excluding hydrogens is 360 g/mol. The average molecular weight is 387 g/mol. The van der Waals surface area contributed by atoms with Gasteiger partial charge in [-0.05, 0) is 47.9 Å². The first-order valence-electron chi connectivity index (χ1n) is 9.50. The van der Waals surface area contributed by atoms with E-state index in [0.29, 0.717) is 13.0 Å². The molecule has 0 saturated carbocycles. The Morgan fingerprint density at radius 2 is 2.07 bits per heavy atom. The molecule has 4 rings (SSSR count). The van der Waals surface area contributed by atoms with Gasteiger partial charge in [0.05, 0.1) is 25.2 Å². The van der Waals surface area contributed by atoms with Crippen LogP contribution in [0.3, 0.4) is 0 Å². The number of thiophene rings is 1. The molecule has 144 valence electrons. The van der Waals surface area contributed by atoms with E-state index in [-0.39, 0.29) is 11.9 Å². The lowest BCUT2D eigenvalue weighted by molar-refractivity contribution is -0.130. The normalized spacial score (nSPS) is 24.4. The summed E-state index contributed by atoms with van der Waals surface area (Å²) in [7, 11) is 0. The highest BCUT2D eigenvalue weighted by Gasteiger charge is 2.39. The number of benzene rings is 1. The average Bonchev–Trinajstić information content (AvgIpc) is 3.12. The van der Waals surface area contributed by atoms with E-state index in [0.717, 1.165) is 44.8 Å². The maximum atomic E-state index is 12.8. The molecule has 2 aliphatic heterocycles. The SMILES string of the molecule is C[C@@]1(c2ccc3sccc3c2)CC(=O)N(CCCN2CCOCC2)C(=N)N1. The number of rotatable bonds is 5. The number of hydrogen-bond donors (Lipinski definition) is 2. The van der Waals surface area contributed by atoms with Gasteiger partial charge in [0.1, 0.15) is 0 Å². The molecule has 0 bridgehead atoms. The van der Waals surface area contributed by atoms with E-state index < -0.39 is 5.54 Å². The van der Waals surface area contributed by atoms with Gasteiger partial charge in [-0.2, -0.15) is 0 Å². The van der Waals surface area contributed by atoms with E-state index in [1.165, 1.54) is 10.1 Å². The van der Waals surface area contributed by atoms with Gasteiger partial charge in [0, 0.05) is 30.9 Å². The van der Waals surface area contributed by atoms with E-state index in [9.17, 15) is 4.79 Å². The minimum Gasteiger partial charge on any atom is -0.379 e. The maximum Gasteiger partial charge on any atom is 0.231 e. The maximum absolute atomic E-state index is 12.8. The third-order valence-electron chi connectivity index (χ3n) is 5.52. The number of guanidine groups is 1. The molecular formula is C20H26N4O2S. The molecule has 0 spiro atoms. The van der Waals surface area contributed by atoms with Gasteiger partial charge in [-0.25, -0.2) is 0 Å². The number of fused-ring (bicyclic) bond motifs is 1. The lowest BCUT2D eigenvalue weighted by Crippen LogP contribution is -2.59. The lowest BCUT2D eigenvalue weighted by Gasteiger charge is -2.41. The predicted octanol–water partition coefficient (Wildman–Crippen LogP) is 2.60. The molecule has 1 amide bonds. The quantitative estimate of drug-likeness (QED) is 0.829. The summed E-state index contributed by atoms with van der Waals surface area (Å²) in [5.74, 6) is 0.231. The van der Waals surface area contributed by atoms with Crippen molar-refractivity contribution in [1.29, 1.82) is 5.41 Å². The van der Waals surface area contributed by atoms with Crippen molar-refractivity contribution in [2.24, 2.45) is 0 Å². The Morgan fingerprint density at radius 3 is 2.85 bits per heavy atom. The number of nitrogens with zero attached hydrogens (tertiary/aromatic N) is 2. The summed E-state index contributed by atoms with van der Waals surface area (Å²) >= 11 is 1.71. The summed E-state index contributed by atoms with van der Waals surface area (Å²) in [6.07, 6.45) is 1.23. The fraction of sp³-hybridized carbons (Fsp3) is 0.500. The zero-order valence-electron chi connectivity index (χ0n) is 15.7. The number of amides is 1. The molecule has 7 heteroatoms. The molecule has 1 aromatic heterocycles. The molecule has 0 aliphatic carbocycles. The molecule has 2 fully saturated rings. The molecule has 2 aromatic rings. The minimum atomic E-state index is -0.537. The van der Waals surface area contributed by atoms with E-state index in [4.69, 9.17) is 10.1 Å². The summed E-state index contributed by atoms with van der Waals surface area (Å²) in [5, 5.41) is 15.0. The van der Waals surface area contributed by atoms with Crippen LogP contribution in [-0.2, 0) is 15.1 Å². The highest BCUT2D eigenvalue weighted by molar-refractivity contribution is 7.17. The first kappa shape index (κ1) is 18.4. The molecule has 2 saturated heterocycles. The van der Waals surface area contributed by atoms with Crippen molar-refractivity contribution in [3.05, 3.63) is 35.2 Å². The molecule has 6 nitrogen and oxygen atoms in total. The van der Waals surface area contributed by atoms with Crippen LogP contribution in [0, 0.1) is 5.41 Å². The van der Waals surface area contributed by atoms with Crippen LogP contribution >= 0.6 is 11.3 Å². The van der Waals surface area contributed by atoms with Crippen molar-refractivity contribution in [3.8, 4) is 0 Å². The molecule has 0 unspecified atom stereocenters. The Hall–Kier alpha value is -1.96. The van der Waals surface area contributed by atoms with Crippen LogP contribution in [0.15, 0.2) is 29.6 Å². The van der Waals surface area contributed by atoms with E-state index in [1.807, 2.05) is 6.92 Å². The van der Waals surface area contributed by atoms with E-state index >= 15 is 0 Å². The van der Waals surface area contributed by atoms with Gasteiger partial charge in [0.25, 0.3) is 0 Å². The highest BCUT2D eigenvalue weighted by Crippen LogP contribution is 2.32. The van der Waals surface area contributed by atoms with Gasteiger partial charge in [-0.3, -0.25) is 20.0 Å². The van der Waals surface area contributed by atoms with Gasteiger partial charge in [-0.1, -0.05) is 6.07 Å². The van der Waals surface area contributed by atoms with Gasteiger partial charge >= 0.3 is 0 Å². The molecule has 0 radical (unpaired) electrons. The van der Waals surface area contributed by atoms with Crippen LogP contribution in [-0.4, -0.2) is 61.1 Å². The first-order valence-corrected chi connectivity index (χ1v) is 10.4. The second kappa shape index (κ2) is 7.58. The predicted molar refractivity (Wildman–Crippen MR) is 108 cm³/mol. The van der Waals surface area contributed by atoms with E-state index in [2.05, 4.69) is 39.9 Å². The number of nitrogens with one attached hydrogen (secondary N) is 2. The number of carbonyl (C=O) groups is 1. The molecule has 2 N–H and O–H groups in total. The molecule has 2 aliphatic rings. The molecule has 1 atom stereocenters. The number of ether oxygens (including phenoxy) is 1. The fourth-order valence-corrected chi connectivity index (χ4v) is 4.66. The summed E-state index contributed by atoms with van der Waals surface area (Å²) in [6, 6.07) is 8.40. The van der Waals surface area contributed by atoms with Crippen LogP contribution in [0.2, 0.25) is 0 Å². The van der Waals surface area contributed by atoms with E-state index in [1.54, 1.807) is 16.2 Å². The Labute approximate surface area is 163 Å². The summed E-state index contributed by atoms with van der Waals surface area (Å²) in [5.41, 5.74) is 0.518. The van der Waals surface area contributed by atoms with Gasteiger partial charge < -0.3 is 10.1 Å². The summed E-state index contributed by atoms with van der Waals surface area (Å²) in [4.78, 5) is 16.7. The van der Waals surface area contributed by atoms with Crippen molar-refractivity contribution in [3.63, 3.8) is 0 Å². The van der Waals surface area contributed by atoms with Crippen LogP contribution in [0.4, 0.5) is 0 Å². The second-order valence-corrected chi connectivity index (χ2v) is 8.46. The molecule has 1 aromatic carbocycles. The standard InChI is InChI=1S/C20H26N4O2S/c1-20(16-3-4-17-15(13-16)5-12-27-17)14-18(25)24(19(21)22-20)7-2-6-23-8-10-26-11-9-23/h3-5,12-13H,2,6-11,14H2,1H3,(H2,21,22)/t20-/m0/s1. The number of hydrogen-bond acceptors (Lipinski definition) is 5. The lowest BCUT2D eigenvalue weighted by atomic mass is 9.86. The van der Waals surface area contributed by atoms with Crippen LogP contribution < -0.4 is 5.32 Å². The van der Waals surface area contributed by atoms with Crippen molar-refractivity contribution in [2.75, 3.05) is 39.4 Å². The van der Waals surface area contributed by atoms with Crippen molar-refractivity contribution < 1.29 is 9.53 Å². The summed E-state index contributed by atoms with van der Waals surface area (Å²) < 4.78 is 6.61. The minimum absolute atomic E-state index is 0.0219. The van der Waals surface area contributed by atoms with Gasteiger partial charge in [0.15, 0.2) is 5.96 Å². The first-order chi connectivity index (χ1) is 13.0. The zero-order valence-corrected chi connectivity index (χ0v) is 16.5. The summed E-state index contributed by atoms with van der Waals surface area (Å²) in [6.45, 7) is 7.01. The fourth-order valence-electron chi connectivity index (χ4n) is 3.89. The Morgan fingerprint density at radius 1 is 1.26 bits per heavy atom. The van der Waals surface area contributed by atoms with Gasteiger partial charge in [-0.15, -0.1) is 11.3 Å². The molecule has 3 heterocycles. The smallest absolute Gasteiger partial charge is 0.231 e. The Bertz CT molecular complexity index is 825. The highest BCUT2D eigenvalue weighted by atomic mass is 32.1. The van der Waals surface area contributed by atoms with Crippen LogP contribution in [0.5, 0.6) is 0 Å². The number of carbonyl (C=O) groups excluding carboxylic acids is 1. The van der Waals surface area contributed by atoms with Crippen molar-refractivity contribution in [2.45, 2.75) is 25.3 Å². The van der Waals surface area contributed by atoms with Gasteiger partial charge in [0.2, 0.25) is 5.91 Å². The number of morpholine rings is 1. The Kier molecular flexibility index (Phi) is 5.16. The van der Waals surface area contributed by atoms with Crippen LogP contribution in [0.1, 0.15) is 25.3 Å².